The van der Waals surface area contributed by atoms with E-state index >= 15 is 0 Å². The first-order valence-electron chi connectivity index (χ1n) is 12.7. The highest BCUT2D eigenvalue weighted by atomic mass is 35.5. The molecule has 0 radical (unpaired) electrons. The van der Waals surface area contributed by atoms with E-state index in [1.807, 2.05) is 18.2 Å². The van der Waals surface area contributed by atoms with Crippen LogP contribution in [0.4, 0.5) is 0 Å². The van der Waals surface area contributed by atoms with Crippen molar-refractivity contribution in [2.24, 2.45) is 0 Å². The molecule has 1 saturated carbocycles. The minimum atomic E-state index is -0.489. The zero-order valence-corrected chi connectivity index (χ0v) is 21.1. The quantitative estimate of drug-likeness (QED) is 0.241. The molecule has 0 amide bonds. The van der Waals surface area contributed by atoms with Crippen LogP contribution in [-0.4, -0.2) is 20.7 Å². The van der Waals surface area contributed by atoms with E-state index < -0.39 is 5.60 Å². The van der Waals surface area contributed by atoms with Crippen LogP contribution in [0.1, 0.15) is 55.2 Å². The number of aromatic amines is 1. The van der Waals surface area contributed by atoms with E-state index in [1.165, 1.54) is 5.56 Å². The van der Waals surface area contributed by atoms with Crippen LogP contribution in [0, 0.1) is 22.7 Å². The van der Waals surface area contributed by atoms with E-state index in [0.717, 1.165) is 77.5 Å². The van der Waals surface area contributed by atoms with Gasteiger partial charge in [-0.15, -0.1) is 0 Å². The molecule has 0 unspecified atom stereocenters. The van der Waals surface area contributed by atoms with E-state index in [0.29, 0.717) is 27.5 Å². The van der Waals surface area contributed by atoms with Gasteiger partial charge in [-0.2, -0.15) is 10.5 Å². The summed E-state index contributed by atoms with van der Waals surface area (Å²) in [6, 6.07) is 21.8. The van der Waals surface area contributed by atoms with Crippen LogP contribution in [0.5, 0.6) is 0 Å². The molecule has 5 nitrogen and oxygen atoms in total. The molecule has 1 aliphatic rings. The van der Waals surface area contributed by atoms with Crippen molar-refractivity contribution in [1.82, 2.24) is 9.97 Å². The molecule has 0 aliphatic heterocycles. The largest absolute Gasteiger partial charge is 0.390 e. The van der Waals surface area contributed by atoms with Crippen LogP contribution in [-0.2, 0) is 6.42 Å². The van der Waals surface area contributed by atoms with Gasteiger partial charge >= 0.3 is 0 Å². The van der Waals surface area contributed by atoms with Gasteiger partial charge in [-0.05, 0) is 72.7 Å². The molecule has 1 fully saturated rings. The summed E-state index contributed by atoms with van der Waals surface area (Å²) in [7, 11) is 0. The fourth-order valence-corrected chi connectivity index (χ4v) is 6.09. The number of benzene rings is 4. The number of halogens is 1. The zero-order chi connectivity index (χ0) is 25.6. The number of hydrogen-bond acceptors (Lipinski definition) is 4. The Bertz CT molecular complexity index is 1730. The summed E-state index contributed by atoms with van der Waals surface area (Å²) >= 11 is 6.43. The molecule has 0 saturated heterocycles. The van der Waals surface area contributed by atoms with Gasteiger partial charge in [0.15, 0.2) is 0 Å². The van der Waals surface area contributed by atoms with Gasteiger partial charge in [0.1, 0.15) is 5.82 Å². The molecule has 2 N–H and O–H groups in total. The molecule has 0 atom stereocenters. The molecular formula is C31H25ClN4O. The van der Waals surface area contributed by atoms with Gasteiger partial charge in [0.05, 0.1) is 45.5 Å². The van der Waals surface area contributed by atoms with Gasteiger partial charge in [0.25, 0.3) is 0 Å². The number of aliphatic hydroxyl groups is 1. The van der Waals surface area contributed by atoms with Gasteiger partial charge in [-0.3, -0.25) is 0 Å². The van der Waals surface area contributed by atoms with Gasteiger partial charge < -0.3 is 10.1 Å². The number of nitrogens with one attached hydrogen (secondary N) is 1. The second-order valence-corrected chi connectivity index (χ2v) is 10.6. The Kier molecular flexibility index (Phi) is 5.84. The Morgan fingerprint density at radius 3 is 2.35 bits per heavy atom. The van der Waals surface area contributed by atoms with E-state index in [4.69, 9.17) is 16.6 Å². The van der Waals surface area contributed by atoms with Gasteiger partial charge in [-0.1, -0.05) is 54.8 Å². The van der Waals surface area contributed by atoms with E-state index in [-0.39, 0.29) is 0 Å². The van der Waals surface area contributed by atoms with Crippen LogP contribution in [0.3, 0.4) is 0 Å². The second kappa shape index (κ2) is 9.20. The Labute approximate surface area is 219 Å². The number of aryl methyl sites for hydroxylation is 1. The third-order valence-corrected chi connectivity index (χ3v) is 8.00. The molecule has 182 valence electrons. The maximum atomic E-state index is 10.7. The van der Waals surface area contributed by atoms with Crippen molar-refractivity contribution >= 4 is 44.2 Å². The fourth-order valence-electron chi connectivity index (χ4n) is 5.91. The average Bonchev–Trinajstić information content (AvgIpc) is 3.55. The molecule has 0 bridgehead atoms. The lowest BCUT2D eigenvalue weighted by Crippen LogP contribution is -2.23. The molecule has 0 spiro atoms. The number of nitriles is 2. The number of imidazole rings is 1. The summed E-state index contributed by atoms with van der Waals surface area (Å²) in [6.45, 7) is 0. The summed E-state index contributed by atoms with van der Waals surface area (Å²) in [6.07, 6.45) is 6.74. The highest BCUT2D eigenvalue weighted by molar-refractivity contribution is 6.33. The Balaban J connectivity index is 1.50. The Hall–Kier alpha value is -3.90. The van der Waals surface area contributed by atoms with Gasteiger partial charge in [-0.25, -0.2) is 4.98 Å². The first kappa shape index (κ1) is 23.5. The van der Waals surface area contributed by atoms with Crippen molar-refractivity contribution in [2.45, 2.75) is 50.5 Å². The van der Waals surface area contributed by atoms with Crippen molar-refractivity contribution < 1.29 is 5.11 Å². The topological polar surface area (TPSA) is 96.5 Å². The third-order valence-electron chi connectivity index (χ3n) is 7.77. The molecule has 1 aliphatic carbocycles. The predicted octanol–water partition coefficient (Wildman–Crippen LogP) is 7.56. The molecule has 1 heterocycles. The van der Waals surface area contributed by atoms with Crippen molar-refractivity contribution in [2.75, 3.05) is 0 Å². The van der Waals surface area contributed by atoms with Crippen molar-refractivity contribution in [1.29, 1.82) is 10.5 Å². The van der Waals surface area contributed by atoms with Crippen molar-refractivity contribution in [3.8, 4) is 23.5 Å². The maximum absolute atomic E-state index is 10.7. The number of H-pyrrole nitrogens is 1. The first-order chi connectivity index (χ1) is 18.0. The second-order valence-electron chi connectivity index (χ2n) is 10.1. The van der Waals surface area contributed by atoms with E-state index in [9.17, 15) is 15.6 Å². The van der Waals surface area contributed by atoms with E-state index in [2.05, 4.69) is 35.3 Å². The van der Waals surface area contributed by atoms with Crippen LogP contribution >= 0.6 is 11.6 Å². The molecule has 6 rings (SSSR count). The van der Waals surface area contributed by atoms with Crippen molar-refractivity contribution in [3.05, 3.63) is 76.3 Å². The summed E-state index contributed by atoms with van der Waals surface area (Å²) < 4.78 is 0. The number of nitrogens with zero attached hydrogens (tertiary/aromatic N) is 3. The Morgan fingerprint density at radius 2 is 1.62 bits per heavy atom. The lowest BCUT2D eigenvalue weighted by molar-refractivity contribution is 0.0369. The summed E-state index contributed by atoms with van der Waals surface area (Å²) in [5, 5.41) is 34.9. The molecule has 1 aromatic heterocycles. The average molecular weight is 505 g/mol. The molecule has 6 heteroatoms. The maximum Gasteiger partial charge on any atom is 0.141 e. The fraction of sp³-hybridized carbons (Fsp3) is 0.258. The van der Waals surface area contributed by atoms with Crippen LogP contribution in [0.25, 0.3) is 44.0 Å². The molecular weight excluding hydrogens is 480 g/mol. The zero-order valence-electron chi connectivity index (χ0n) is 20.3. The lowest BCUT2D eigenvalue weighted by atomic mass is 9.92. The van der Waals surface area contributed by atoms with Crippen LogP contribution in [0.15, 0.2) is 54.6 Å². The highest BCUT2D eigenvalue weighted by Crippen LogP contribution is 2.38. The highest BCUT2D eigenvalue weighted by Gasteiger charge is 2.30. The lowest BCUT2D eigenvalue weighted by Gasteiger charge is -2.21. The van der Waals surface area contributed by atoms with Gasteiger partial charge in [0.2, 0.25) is 0 Å². The summed E-state index contributed by atoms with van der Waals surface area (Å²) in [5.41, 5.74) is 3.70. The molecule has 37 heavy (non-hydrogen) atoms. The first-order valence-corrected chi connectivity index (χ1v) is 13.1. The van der Waals surface area contributed by atoms with E-state index in [1.54, 1.807) is 18.2 Å². The monoisotopic (exact) mass is 504 g/mol. The molecule has 5 aromatic rings. The van der Waals surface area contributed by atoms with Crippen LogP contribution < -0.4 is 0 Å². The minimum Gasteiger partial charge on any atom is -0.390 e. The van der Waals surface area contributed by atoms with Crippen LogP contribution in [0.2, 0.25) is 5.02 Å². The third kappa shape index (κ3) is 4.11. The SMILES string of the molecule is N#Cc1cccc(C#N)c1-c1nc2c3ccc(Cl)cc3c3cc(CCCC4(O)CCCC4)ccc3c2[nH]1. The Morgan fingerprint density at radius 1 is 0.919 bits per heavy atom. The summed E-state index contributed by atoms with van der Waals surface area (Å²) in [4.78, 5) is 8.34. The number of hydrogen-bond donors (Lipinski definition) is 2. The van der Waals surface area contributed by atoms with Gasteiger partial charge in [0, 0.05) is 15.8 Å². The smallest absolute Gasteiger partial charge is 0.141 e. The number of aromatic nitrogens is 2. The number of rotatable bonds is 5. The normalized spacial score (nSPS) is 14.8. The summed E-state index contributed by atoms with van der Waals surface area (Å²) in [5.74, 6) is 0.501. The number of fused-ring (bicyclic) bond motifs is 6. The standard InChI is InChI=1S/C31H25ClN4O/c32-22-9-11-24-26(16-22)25-15-19(5-4-14-31(37)12-1-2-13-31)8-10-23(25)28-29(24)36-30(35-28)27-20(17-33)6-3-7-21(27)18-34/h3,6-11,15-16,37H,1-2,4-5,12-14H2,(H,35,36). The molecule has 4 aromatic carbocycles. The predicted molar refractivity (Wildman–Crippen MR) is 147 cm³/mol. The minimum absolute atomic E-state index is 0.404. The van der Waals surface area contributed by atoms with Crippen molar-refractivity contribution in [3.63, 3.8) is 0 Å².